The van der Waals surface area contributed by atoms with Gasteiger partial charge in [-0.05, 0) is 45.7 Å². The Morgan fingerprint density at radius 3 is 2.57 bits per heavy atom. The van der Waals surface area contributed by atoms with Crippen LogP contribution in [0, 0.1) is 20.8 Å². The summed E-state index contributed by atoms with van der Waals surface area (Å²) in [6, 6.07) is 8.17. The summed E-state index contributed by atoms with van der Waals surface area (Å²) in [6.45, 7) is 5.93. The average Bonchev–Trinajstić information content (AvgIpc) is 3.40. The molecule has 3 aromatic rings. The van der Waals surface area contributed by atoms with Crippen LogP contribution in [-0.2, 0) is 11.8 Å². The highest BCUT2D eigenvalue weighted by Gasteiger charge is 2.29. The molecular weight excluding hydrogens is 372 g/mol. The predicted octanol–water partition coefficient (Wildman–Crippen LogP) is 3.53. The summed E-state index contributed by atoms with van der Waals surface area (Å²) in [5.41, 5.74) is 4.65. The second kappa shape index (κ2) is 7.43. The molecule has 1 fully saturated rings. The van der Waals surface area contributed by atoms with Crippen molar-refractivity contribution in [3.05, 3.63) is 47.0 Å². The first-order valence-corrected chi connectivity index (χ1v) is 10.4. The first-order chi connectivity index (χ1) is 13.4. The maximum Gasteiger partial charge on any atom is 0.234 e. The average molecular weight is 397 g/mol. The summed E-state index contributed by atoms with van der Waals surface area (Å²) in [4.78, 5) is 12.5. The number of hydrogen-bond acceptors (Lipinski definition) is 5. The van der Waals surface area contributed by atoms with Gasteiger partial charge in [0.15, 0.2) is 5.16 Å². The number of aryl methyl sites for hydroxylation is 2. The Hall–Kier alpha value is -2.61. The Bertz CT molecular complexity index is 1020. The summed E-state index contributed by atoms with van der Waals surface area (Å²) >= 11 is 1.41. The largest absolute Gasteiger partial charge is 0.322 e. The highest BCUT2D eigenvalue weighted by molar-refractivity contribution is 7.99. The third-order valence-electron chi connectivity index (χ3n) is 4.98. The van der Waals surface area contributed by atoms with Crippen LogP contribution in [0.5, 0.6) is 0 Å². The molecule has 1 saturated carbocycles. The molecule has 28 heavy (non-hydrogen) atoms. The van der Waals surface area contributed by atoms with Gasteiger partial charge in [0.2, 0.25) is 5.91 Å². The minimum atomic E-state index is -0.0735. The molecule has 0 atom stereocenters. The van der Waals surface area contributed by atoms with Crippen molar-refractivity contribution in [2.45, 2.75) is 44.7 Å². The van der Waals surface area contributed by atoms with Crippen molar-refractivity contribution in [3.8, 4) is 5.69 Å². The van der Waals surface area contributed by atoms with Crippen molar-refractivity contribution >= 4 is 23.4 Å². The molecule has 8 heteroatoms. The zero-order chi connectivity index (χ0) is 19.8. The fourth-order valence-electron chi connectivity index (χ4n) is 3.22. The molecule has 0 bridgehead atoms. The molecule has 4 rings (SSSR count). The standard InChI is InChI=1S/C20H24N6OS/c1-12-5-9-16(10-6-12)26-14(3)18(13(2)24-26)21-17(27)11-28-20-23-22-19(25(20)4)15-7-8-15/h5-6,9-10,15H,7-8,11H2,1-4H3,(H,21,27). The maximum atomic E-state index is 12.5. The van der Waals surface area contributed by atoms with E-state index in [0.29, 0.717) is 5.92 Å². The third-order valence-corrected chi connectivity index (χ3v) is 6.00. The molecule has 2 heterocycles. The van der Waals surface area contributed by atoms with Crippen LogP contribution >= 0.6 is 11.8 Å². The Labute approximate surface area is 168 Å². The van der Waals surface area contributed by atoms with Gasteiger partial charge in [-0.1, -0.05) is 29.5 Å². The lowest BCUT2D eigenvalue weighted by atomic mass is 10.2. The van der Waals surface area contributed by atoms with Crippen molar-refractivity contribution in [2.75, 3.05) is 11.1 Å². The Morgan fingerprint density at radius 2 is 1.89 bits per heavy atom. The minimum Gasteiger partial charge on any atom is -0.322 e. The predicted molar refractivity (Wildman–Crippen MR) is 110 cm³/mol. The summed E-state index contributed by atoms with van der Waals surface area (Å²) in [7, 11) is 1.97. The van der Waals surface area contributed by atoms with E-state index in [0.717, 1.165) is 33.7 Å². The van der Waals surface area contributed by atoms with E-state index in [2.05, 4.69) is 39.7 Å². The number of aromatic nitrogens is 5. The topological polar surface area (TPSA) is 77.6 Å². The summed E-state index contributed by atoms with van der Waals surface area (Å²) in [6.07, 6.45) is 2.36. The minimum absolute atomic E-state index is 0.0735. The molecule has 0 saturated heterocycles. The highest BCUT2D eigenvalue weighted by Crippen LogP contribution is 2.39. The van der Waals surface area contributed by atoms with Gasteiger partial charge in [0, 0.05) is 13.0 Å². The number of hydrogen-bond donors (Lipinski definition) is 1. The molecule has 0 radical (unpaired) electrons. The second-order valence-electron chi connectivity index (χ2n) is 7.30. The van der Waals surface area contributed by atoms with Gasteiger partial charge in [-0.15, -0.1) is 10.2 Å². The van der Waals surface area contributed by atoms with Crippen molar-refractivity contribution in [1.82, 2.24) is 24.5 Å². The van der Waals surface area contributed by atoms with Gasteiger partial charge in [-0.3, -0.25) is 4.79 Å². The number of carbonyl (C=O) groups is 1. The maximum absolute atomic E-state index is 12.5. The lowest BCUT2D eigenvalue weighted by Crippen LogP contribution is -2.15. The SMILES string of the molecule is Cc1ccc(-n2nc(C)c(NC(=O)CSc3nnc(C4CC4)n3C)c2C)cc1. The first kappa shape index (κ1) is 18.7. The molecule has 1 aromatic carbocycles. The van der Waals surface area contributed by atoms with Crippen LogP contribution in [0.3, 0.4) is 0 Å². The van der Waals surface area contributed by atoms with Crippen LogP contribution in [0.25, 0.3) is 5.69 Å². The molecule has 146 valence electrons. The molecule has 1 N–H and O–H groups in total. The first-order valence-electron chi connectivity index (χ1n) is 9.39. The number of nitrogens with zero attached hydrogens (tertiary/aromatic N) is 5. The van der Waals surface area contributed by atoms with E-state index in [4.69, 9.17) is 0 Å². The smallest absolute Gasteiger partial charge is 0.234 e. The van der Waals surface area contributed by atoms with Gasteiger partial charge in [0.1, 0.15) is 5.82 Å². The second-order valence-corrected chi connectivity index (χ2v) is 8.25. The molecule has 7 nitrogen and oxygen atoms in total. The van der Waals surface area contributed by atoms with E-state index in [-0.39, 0.29) is 11.7 Å². The fraction of sp³-hybridized carbons (Fsp3) is 0.400. The van der Waals surface area contributed by atoms with Gasteiger partial charge in [-0.25, -0.2) is 4.68 Å². The number of benzene rings is 1. The number of carbonyl (C=O) groups excluding carboxylic acids is 1. The zero-order valence-corrected chi connectivity index (χ0v) is 17.4. The van der Waals surface area contributed by atoms with E-state index < -0.39 is 0 Å². The summed E-state index contributed by atoms with van der Waals surface area (Å²) in [5.74, 6) is 1.77. The normalized spacial score (nSPS) is 13.7. The van der Waals surface area contributed by atoms with Gasteiger partial charge in [-0.2, -0.15) is 5.10 Å². The van der Waals surface area contributed by atoms with Gasteiger partial charge in [0.25, 0.3) is 0 Å². The third kappa shape index (κ3) is 3.69. The van der Waals surface area contributed by atoms with Crippen molar-refractivity contribution in [2.24, 2.45) is 7.05 Å². The molecule has 1 aliphatic carbocycles. The summed E-state index contributed by atoms with van der Waals surface area (Å²) in [5, 5.41) is 16.9. The van der Waals surface area contributed by atoms with E-state index in [1.54, 1.807) is 0 Å². The fourth-order valence-corrected chi connectivity index (χ4v) is 3.93. The molecule has 2 aromatic heterocycles. The van der Waals surface area contributed by atoms with E-state index >= 15 is 0 Å². The van der Waals surface area contributed by atoms with Crippen LogP contribution in [0.1, 0.15) is 41.5 Å². The highest BCUT2D eigenvalue weighted by atomic mass is 32.2. The Morgan fingerprint density at radius 1 is 1.18 bits per heavy atom. The van der Waals surface area contributed by atoms with Crippen LogP contribution in [0.4, 0.5) is 5.69 Å². The molecular formula is C20H24N6OS. The zero-order valence-electron chi connectivity index (χ0n) is 16.6. The number of amides is 1. The van der Waals surface area contributed by atoms with Gasteiger partial charge < -0.3 is 9.88 Å². The monoisotopic (exact) mass is 396 g/mol. The Balaban J connectivity index is 1.44. The van der Waals surface area contributed by atoms with Crippen molar-refractivity contribution < 1.29 is 4.79 Å². The number of anilines is 1. The number of rotatable bonds is 6. The number of nitrogens with one attached hydrogen (secondary N) is 1. The molecule has 0 unspecified atom stereocenters. The van der Waals surface area contributed by atoms with Crippen molar-refractivity contribution in [3.63, 3.8) is 0 Å². The lowest BCUT2D eigenvalue weighted by Gasteiger charge is -2.07. The van der Waals surface area contributed by atoms with Crippen molar-refractivity contribution in [1.29, 1.82) is 0 Å². The molecule has 0 spiro atoms. The number of thioether (sulfide) groups is 1. The van der Waals surface area contributed by atoms with E-state index in [1.807, 2.05) is 42.3 Å². The quantitative estimate of drug-likeness (QED) is 0.645. The van der Waals surface area contributed by atoms with Crippen LogP contribution in [0.2, 0.25) is 0 Å². The Kier molecular flexibility index (Phi) is 4.97. The van der Waals surface area contributed by atoms with Gasteiger partial charge >= 0.3 is 0 Å². The molecule has 1 aliphatic rings. The molecule has 0 aliphatic heterocycles. The van der Waals surface area contributed by atoms with Crippen LogP contribution < -0.4 is 5.32 Å². The molecule has 1 amide bonds. The van der Waals surface area contributed by atoms with Gasteiger partial charge in [0.05, 0.1) is 28.5 Å². The summed E-state index contributed by atoms with van der Waals surface area (Å²) < 4.78 is 3.86. The van der Waals surface area contributed by atoms with E-state index in [1.165, 1.54) is 30.2 Å². The lowest BCUT2D eigenvalue weighted by molar-refractivity contribution is -0.113. The van der Waals surface area contributed by atoms with Crippen LogP contribution in [-0.4, -0.2) is 36.2 Å². The van der Waals surface area contributed by atoms with E-state index in [9.17, 15) is 4.79 Å². The van der Waals surface area contributed by atoms with Crippen LogP contribution in [0.15, 0.2) is 29.4 Å².